The molecule has 4 rings (SSSR count). The third-order valence-electron chi connectivity index (χ3n) is 5.27. The molecule has 0 saturated carbocycles. The first-order valence-corrected chi connectivity index (χ1v) is 10.0. The van der Waals surface area contributed by atoms with E-state index >= 15 is 0 Å². The van der Waals surface area contributed by atoms with Crippen LogP contribution in [0.4, 0.5) is 0 Å². The molecule has 0 aliphatic carbocycles. The van der Waals surface area contributed by atoms with Crippen molar-refractivity contribution in [2.75, 3.05) is 6.54 Å². The number of hydrogen-bond acceptors (Lipinski definition) is 5. The summed E-state index contributed by atoms with van der Waals surface area (Å²) in [6.45, 7) is 2.37. The van der Waals surface area contributed by atoms with Gasteiger partial charge in [0.15, 0.2) is 0 Å². The zero-order valence-electron chi connectivity index (χ0n) is 16.4. The molecule has 29 heavy (non-hydrogen) atoms. The number of aromatic nitrogens is 2. The molecule has 0 amide bonds. The highest BCUT2D eigenvalue weighted by Crippen LogP contribution is 2.27. The Bertz CT molecular complexity index is 1010. The van der Waals surface area contributed by atoms with Crippen LogP contribution in [0.2, 0.25) is 0 Å². The topological polar surface area (TPSA) is 67.1 Å². The Morgan fingerprint density at radius 2 is 2.00 bits per heavy atom. The number of benzene rings is 1. The monoisotopic (exact) mass is 391 g/mol. The summed E-state index contributed by atoms with van der Waals surface area (Å²) in [4.78, 5) is 18.0. The number of carbonyl (C=O) groups is 1. The highest BCUT2D eigenvalue weighted by Gasteiger charge is 2.29. The quantitative estimate of drug-likeness (QED) is 0.672. The number of aliphatic hydroxyl groups is 1. The SMILES string of the molecule is C[C@@H](O)[C@H]1CCCCN1OC(=O)C=Cc1c(-c2ccccc2)nn2ccccc12. The van der Waals surface area contributed by atoms with Crippen molar-refractivity contribution in [1.82, 2.24) is 14.7 Å². The summed E-state index contributed by atoms with van der Waals surface area (Å²) in [5.41, 5.74) is 3.56. The van der Waals surface area contributed by atoms with Gasteiger partial charge in [-0.3, -0.25) is 0 Å². The molecule has 1 aliphatic heterocycles. The van der Waals surface area contributed by atoms with E-state index in [0.717, 1.165) is 41.6 Å². The number of aliphatic hydroxyl groups excluding tert-OH is 1. The van der Waals surface area contributed by atoms with Gasteiger partial charge >= 0.3 is 5.97 Å². The maximum Gasteiger partial charge on any atom is 0.349 e. The Kier molecular flexibility index (Phi) is 5.74. The van der Waals surface area contributed by atoms with Crippen molar-refractivity contribution in [1.29, 1.82) is 0 Å². The second-order valence-electron chi connectivity index (χ2n) is 7.35. The lowest BCUT2D eigenvalue weighted by Gasteiger charge is -2.35. The van der Waals surface area contributed by atoms with Gasteiger partial charge in [0.1, 0.15) is 5.69 Å². The highest BCUT2D eigenvalue weighted by molar-refractivity contribution is 5.92. The van der Waals surface area contributed by atoms with E-state index in [4.69, 9.17) is 4.84 Å². The molecule has 1 saturated heterocycles. The van der Waals surface area contributed by atoms with Crippen LogP contribution in [0.1, 0.15) is 31.7 Å². The molecular formula is C23H25N3O3. The molecule has 1 fully saturated rings. The van der Waals surface area contributed by atoms with Gasteiger partial charge in [0, 0.05) is 29.9 Å². The third-order valence-corrected chi connectivity index (χ3v) is 5.27. The number of rotatable bonds is 5. The number of pyridine rings is 1. The molecule has 6 nitrogen and oxygen atoms in total. The minimum absolute atomic E-state index is 0.155. The number of carbonyl (C=O) groups excluding carboxylic acids is 1. The number of fused-ring (bicyclic) bond motifs is 1. The van der Waals surface area contributed by atoms with Gasteiger partial charge in [0.05, 0.1) is 17.7 Å². The lowest BCUT2D eigenvalue weighted by atomic mass is 10.0. The maximum absolute atomic E-state index is 12.5. The summed E-state index contributed by atoms with van der Waals surface area (Å²) < 4.78 is 1.81. The Hall–Kier alpha value is -2.96. The van der Waals surface area contributed by atoms with Gasteiger partial charge in [0.25, 0.3) is 0 Å². The standard InChI is InChI=1S/C23H25N3O3/c1-17(27)20-11-6-8-16-26(20)29-22(28)14-13-19-21-12-5-7-15-25(21)24-23(19)18-9-3-2-4-10-18/h2-5,7,9-10,12-15,17,20,27H,6,8,11,16H2,1H3/t17-,20-/m1/s1. The average molecular weight is 391 g/mol. The van der Waals surface area contributed by atoms with Crippen molar-refractivity contribution in [2.45, 2.75) is 38.3 Å². The second-order valence-corrected chi connectivity index (χ2v) is 7.35. The fourth-order valence-electron chi connectivity index (χ4n) is 3.81. The summed E-state index contributed by atoms with van der Waals surface area (Å²) in [7, 11) is 0. The first-order valence-electron chi connectivity index (χ1n) is 10.0. The number of piperidine rings is 1. The van der Waals surface area contributed by atoms with E-state index in [1.165, 1.54) is 6.08 Å². The Balaban J connectivity index is 1.60. The van der Waals surface area contributed by atoms with E-state index in [1.54, 1.807) is 22.6 Å². The summed E-state index contributed by atoms with van der Waals surface area (Å²) in [6.07, 6.45) is 7.34. The van der Waals surface area contributed by atoms with E-state index in [2.05, 4.69) is 5.10 Å². The van der Waals surface area contributed by atoms with Crippen LogP contribution in [-0.4, -0.2) is 44.4 Å². The van der Waals surface area contributed by atoms with Gasteiger partial charge in [-0.05, 0) is 38.0 Å². The molecule has 0 unspecified atom stereocenters. The fourth-order valence-corrected chi connectivity index (χ4v) is 3.81. The van der Waals surface area contributed by atoms with Crippen LogP contribution in [0, 0.1) is 0 Å². The lowest BCUT2D eigenvalue weighted by molar-refractivity contribution is -0.212. The highest BCUT2D eigenvalue weighted by atomic mass is 16.7. The predicted octanol–water partition coefficient (Wildman–Crippen LogP) is 3.71. The van der Waals surface area contributed by atoms with Gasteiger partial charge in [-0.25, -0.2) is 9.31 Å². The van der Waals surface area contributed by atoms with Gasteiger partial charge in [-0.2, -0.15) is 5.10 Å². The summed E-state index contributed by atoms with van der Waals surface area (Å²) in [5, 5.41) is 16.3. The van der Waals surface area contributed by atoms with E-state index in [-0.39, 0.29) is 6.04 Å². The molecule has 1 aromatic carbocycles. The molecule has 3 aromatic rings. The van der Waals surface area contributed by atoms with Gasteiger partial charge in [-0.15, -0.1) is 5.06 Å². The minimum atomic E-state index is -0.545. The molecule has 2 aromatic heterocycles. The van der Waals surface area contributed by atoms with Crippen molar-refractivity contribution in [3.8, 4) is 11.3 Å². The van der Waals surface area contributed by atoms with E-state index in [0.29, 0.717) is 6.54 Å². The van der Waals surface area contributed by atoms with Crippen molar-refractivity contribution in [3.63, 3.8) is 0 Å². The van der Waals surface area contributed by atoms with Gasteiger partial charge in [0.2, 0.25) is 0 Å². The predicted molar refractivity (Wildman–Crippen MR) is 112 cm³/mol. The van der Waals surface area contributed by atoms with Crippen molar-refractivity contribution >= 4 is 17.6 Å². The Morgan fingerprint density at radius 3 is 2.79 bits per heavy atom. The van der Waals surface area contributed by atoms with Crippen molar-refractivity contribution in [3.05, 3.63) is 66.4 Å². The van der Waals surface area contributed by atoms with Crippen LogP contribution in [0.25, 0.3) is 22.9 Å². The molecule has 0 bridgehead atoms. The Morgan fingerprint density at radius 1 is 1.21 bits per heavy atom. The molecule has 0 radical (unpaired) electrons. The number of hydrogen-bond donors (Lipinski definition) is 1. The third kappa shape index (κ3) is 4.23. The smallest absolute Gasteiger partial charge is 0.349 e. The largest absolute Gasteiger partial charge is 0.392 e. The van der Waals surface area contributed by atoms with Crippen LogP contribution in [-0.2, 0) is 9.63 Å². The van der Waals surface area contributed by atoms with Crippen LogP contribution >= 0.6 is 0 Å². The molecule has 150 valence electrons. The zero-order chi connectivity index (χ0) is 20.2. The molecular weight excluding hydrogens is 366 g/mol. The van der Waals surface area contributed by atoms with Crippen LogP contribution in [0.15, 0.2) is 60.8 Å². The first kappa shape index (κ1) is 19.4. The first-order chi connectivity index (χ1) is 14.1. The van der Waals surface area contributed by atoms with Crippen LogP contribution < -0.4 is 0 Å². The fraction of sp³-hybridized carbons (Fsp3) is 0.304. The number of hydroxylamine groups is 2. The molecule has 1 aliphatic rings. The molecule has 6 heteroatoms. The molecule has 2 atom stereocenters. The molecule has 0 spiro atoms. The lowest BCUT2D eigenvalue weighted by Crippen LogP contribution is -2.46. The molecule has 3 heterocycles. The van der Waals surface area contributed by atoms with Crippen molar-refractivity contribution < 1.29 is 14.7 Å². The second kappa shape index (κ2) is 8.59. The van der Waals surface area contributed by atoms with E-state index < -0.39 is 12.1 Å². The minimum Gasteiger partial charge on any atom is -0.392 e. The Labute approximate surface area is 170 Å². The summed E-state index contributed by atoms with van der Waals surface area (Å²) in [5.74, 6) is -0.452. The van der Waals surface area contributed by atoms with Gasteiger partial charge in [-0.1, -0.05) is 42.8 Å². The summed E-state index contributed by atoms with van der Waals surface area (Å²) in [6, 6.07) is 15.6. The average Bonchev–Trinajstić information content (AvgIpc) is 3.12. The number of nitrogens with zero attached hydrogens (tertiary/aromatic N) is 3. The van der Waals surface area contributed by atoms with E-state index in [1.807, 2.05) is 54.7 Å². The normalized spacial score (nSPS) is 18.9. The van der Waals surface area contributed by atoms with Gasteiger partial charge < -0.3 is 9.94 Å². The maximum atomic E-state index is 12.5. The zero-order valence-corrected chi connectivity index (χ0v) is 16.4. The summed E-state index contributed by atoms with van der Waals surface area (Å²) >= 11 is 0. The molecule has 1 N–H and O–H groups in total. The van der Waals surface area contributed by atoms with E-state index in [9.17, 15) is 9.90 Å². The van der Waals surface area contributed by atoms with Crippen LogP contribution in [0.3, 0.4) is 0 Å². The van der Waals surface area contributed by atoms with Crippen molar-refractivity contribution in [2.24, 2.45) is 0 Å². The van der Waals surface area contributed by atoms with Crippen LogP contribution in [0.5, 0.6) is 0 Å².